The molecule has 0 N–H and O–H groups in total. The molecule has 3 rings (SSSR count). The Morgan fingerprint density at radius 2 is 2.30 bits per heavy atom. The van der Waals surface area contributed by atoms with E-state index >= 15 is 0 Å². The molecule has 3 unspecified atom stereocenters. The summed E-state index contributed by atoms with van der Waals surface area (Å²) in [6, 6.07) is 0. The lowest BCUT2D eigenvalue weighted by atomic mass is 9.89. The van der Waals surface area contributed by atoms with Gasteiger partial charge in [-0.15, -0.1) is 0 Å². The third kappa shape index (κ3) is 0.680. The highest BCUT2D eigenvalue weighted by molar-refractivity contribution is 5.28. The van der Waals surface area contributed by atoms with Crippen molar-refractivity contribution < 1.29 is 0 Å². The summed E-state index contributed by atoms with van der Waals surface area (Å²) < 4.78 is 0. The maximum Gasteiger partial charge on any atom is -0.0159 e. The Labute approximate surface area is 63.3 Å². The van der Waals surface area contributed by atoms with Crippen molar-refractivity contribution in [3.63, 3.8) is 0 Å². The first-order valence-corrected chi connectivity index (χ1v) is 4.53. The molecule has 56 valence electrons. The lowest BCUT2D eigenvalue weighted by Gasteiger charge is -2.16. The Kier molecular flexibility index (Phi) is 1.36. The van der Waals surface area contributed by atoms with Crippen LogP contribution in [0.5, 0.6) is 0 Å². The van der Waals surface area contributed by atoms with Gasteiger partial charge in [0.25, 0.3) is 0 Å². The van der Waals surface area contributed by atoms with E-state index in [1.54, 1.807) is 5.57 Å². The minimum atomic E-state index is 0.935. The quantitative estimate of drug-likeness (QED) is 0.512. The zero-order chi connectivity index (χ0) is 7.14. The van der Waals surface area contributed by atoms with Crippen LogP contribution in [0.1, 0.15) is 33.1 Å². The molecule has 0 spiro atoms. The predicted molar refractivity (Wildman–Crippen MR) is 43.8 cm³/mol. The average Bonchev–Trinajstić information content (AvgIpc) is 2.20. The molecule has 0 heteroatoms. The summed E-state index contributed by atoms with van der Waals surface area (Å²) in [4.78, 5) is 0. The molecule has 0 heterocycles. The van der Waals surface area contributed by atoms with Crippen LogP contribution >= 0.6 is 0 Å². The topological polar surface area (TPSA) is 0 Å². The van der Waals surface area contributed by atoms with E-state index in [2.05, 4.69) is 19.9 Å². The SMILES string of the molecule is CCCC1C2C=C(C2)C1C. The minimum absolute atomic E-state index is 0.935. The number of hydrogen-bond acceptors (Lipinski definition) is 0. The first-order chi connectivity index (χ1) is 4.83. The first kappa shape index (κ1) is 6.45. The van der Waals surface area contributed by atoms with Gasteiger partial charge in [0.05, 0.1) is 0 Å². The second kappa shape index (κ2) is 2.11. The van der Waals surface area contributed by atoms with Gasteiger partial charge in [0.2, 0.25) is 0 Å². The van der Waals surface area contributed by atoms with Gasteiger partial charge in [-0.2, -0.15) is 0 Å². The Balaban J connectivity index is 2.01. The Morgan fingerprint density at radius 3 is 2.70 bits per heavy atom. The molecule has 3 aliphatic rings. The standard InChI is InChI=1S/C10H16/c1-3-4-10-7(2)8-5-9(10)6-8/h5,7,9-10H,3-4,6H2,1-2H3. The van der Waals surface area contributed by atoms with E-state index in [-0.39, 0.29) is 0 Å². The minimum Gasteiger partial charge on any atom is -0.0813 e. The normalized spacial score (nSPS) is 43.0. The van der Waals surface area contributed by atoms with Crippen molar-refractivity contribution in [3.05, 3.63) is 11.6 Å². The van der Waals surface area contributed by atoms with Gasteiger partial charge in [-0.05, 0) is 30.6 Å². The van der Waals surface area contributed by atoms with Crippen LogP contribution in [0.25, 0.3) is 0 Å². The van der Waals surface area contributed by atoms with E-state index in [1.165, 1.54) is 19.3 Å². The lowest BCUT2D eigenvalue weighted by molar-refractivity contribution is 0.369. The third-order valence-corrected chi connectivity index (χ3v) is 3.30. The molecular weight excluding hydrogens is 120 g/mol. The van der Waals surface area contributed by atoms with Gasteiger partial charge < -0.3 is 0 Å². The number of allylic oxidation sites excluding steroid dienone is 2. The molecule has 1 fully saturated rings. The fraction of sp³-hybridized carbons (Fsp3) is 0.800. The van der Waals surface area contributed by atoms with Gasteiger partial charge in [0.15, 0.2) is 0 Å². The summed E-state index contributed by atoms with van der Waals surface area (Å²) in [5.41, 5.74) is 1.75. The maximum atomic E-state index is 2.50. The van der Waals surface area contributed by atoms with Crippen LogP contribution in [0.4, 0.5) is 0 Å². The molecule has 3 aliphatic carbocycles. The average molecular weight is 136 g/mol. The maximum absolute atomic E-state index is 2.50. The fourth-order valence-corrected chi connectivity index (χ4v) is 2.57. The molecule has 0 radical (unpaired) electrons. The predicted octanol–water partition coefficient (Wildman–Crippen LogP) is 3.00. The van der Waals surface area contributed by atoms with Crippen molar-refractivity contribution in [1.29, 1.82) is 0 Å². The van der Waals surface area contributed by atoms with Crippen LogP contribution in [0.2, 0.25) is 0 Å². The fourth-order valence-electron chi connectivity index (χ4n) is 2.57. The van der Waals surface area contributed by atoms with E-state index in [0.717, 1.165) is 17.8 Å². The van der Waals surface area contributed by atoms with E-state index < -0.39 is 0 Å². The van der Waals surface area contributed by atoms with Crippen molar-refractivity contribution in [3.8, 4) is 0 Å². The summed E-state index contributed by atoms with van der Waals surface area (Å²) in [7, 11) is 0. The van der Waals surface area contributed by atoms with Gasteiger partial charge in [-0.25, -0.2) is 0 Å². The van der Waals surface area contributed by atoms with E-state index in [9.17, 15) is 0 Å². The van der Waals surface area contributed by atoms with Gasteiger partial charge in [-0.1, -0.05) is 31.9 Å². The molecule has 0 aliphatic heterocycles. The monoisotopic (exact) mass is 136 g/mol. The van der Waals surface area contributed by atoms with Crippen molar-refractivity contribution in [2.75, 3.05) is 0 Å². The summed E-state index contributed by atoms with van der Waals surface area (Å²) in [5.74, 6) is 2.95. The van der Waals surface area contributed by atoms with Crippen LogP contribution in [0, 0.1) is 17.8 Å². The zero-order valence-electron chi connectivity index (χ0n) is 6.93. The molecule has 10 heavy (non-hydrogen) atoms. The molecule has 3 atom stereocenters. The highest BCUT2D eigenvalue weighted by atomic mass is 14.5. The van der Waals surface area contributed by atoms with Crippen molar-refractivity contribution in [2.24, 2.45) is 17.8 Å². The third-order valence-electron chi connectivity index (χ3n) is 3.30. The Morgan fingerprint density at radius 1 is 1.60 bits per heavy atom. The largest absolute Gasteiger partial charge is 0.0813 e. The molecule has 0 aromatic rings. The van der Waals surface area contributed by atoms with Crippen LogP contribution in [0.3, 0.4) is 0 Å². The smallest absolute Gasteiger partial charge is 0.0159 e. The van der Waals surface area contributed by atoms with Crippen LogP contribution in [-0.4, -0.2) is 0 Å². The van der Waals surface area contributed by atoms with Gasteiger partial charge in [0.1, 0.15) is 0 Å². The second-order valence-electron chi connectivity index (χ2n) is 3.85. The first-order valence-electron chi connectivity index (χ1n) is 4.53. The number of rotatable bonds is 2. The molecule has 2 bridgehead atoms. The molecule has 0 aromatic heterocycles. The van der Waals surface area contributed by atoms with E-state index in [4.69, 9.17) is 0 Å². The van der Waals surface area contributed by atoms with Crippen molar-refractivity contribution >= 4 is 0 Å². The summed E-state index contributed by atoms with van der Waals surface area (Å²) in [6.45, 7) is 4.70. The summed E-state index contributed by atoms with van der Waals surface area (Å²) in [5, 5.41) is 0. The molecule has 1 saturated carbocycles. The van der Waals surface area contributed by atoms with Gasteiger partial charge in [0, 0.05) is 0 Å². The Hall–Kier alpha value is -0.260. The number of hydrogen-bond donors (Lipinski definition) is 0. The van der Waals surface area contributed by atoms with Crippen LogP contribution < -0.4 is 0 Å². The number of fused-ring (bicyclic) bond motifs is 1. The summed E-state index contributed by atoms with van der Waals surface area (Å²) in [6.07, 6.45) is 6.76. The van der Waals surface area contributed by atoms with Crippen LogP contribution in [-0.2, 0) is 0 Å². The highest BCUT2D eigenvalue weighted by Crippen LogP contribution is 2.52. The van der Waals surface area contributed by atoms with E-state index in [0.29, 0.717) is 0 Å². The molecular formula is C10H16. The van der Waals surface area contributed by atoms with Crippen LogP contribution in [0.15, 0.2) is 11.6 Å². The lowest BCUT2D eigenvalue weighted by Crippen LogP contribution is -2.07. The molecule has 0 aromatic carbocycles. The van der Waals surface area contributed by atoms with Gasteiger partial charge in [-0.3, -0.25) is 0 Å². The molecule has 0 saturated heterocycles. The Bertz CT molecular complexity index is 167. The second-order valence-corrected chi connectivity index (χ2v) is 3.85. The van der Waals surface area contributed by atoms with Crippen molar-refractivity contribution in [1.82, 2.24) is 0 Å². The highest BCUT2D eigenvalue weighted by Gasteiger charge is 2.41. The summed E-state index contributed by atoms with van der Waals surface area (Å²) >= 11 is 0. The molecule has 0 nitrogen and oxygen atoms in total. The van der Waals surface area contributed by atoms with E-state index in [1.807, 2.05) is 0 Å². The van der Waals surface area contributed by atoms with Gasteiger partial charge >= 0.3 is 0 Å². The zero-order valence-corrected chi connectivity index (χ0v) is 6.93. The molecule has 0 amide bonds. The van der Waals surface area contributed by atoms with Crippen molar-refractivity contribution in [2.45, 2.75) is 33.1 Å².